The Morgan fingerprint density at radius 3 is 2.63 bits per heavy atom. The third-order valence-corrected chi connectivity index (χ3v) is 4.73. The number of hydrazine groups is 1. The van der Waals surface area contributed by atoms with Gasteiger partial charge in [0.15, 0.2) is 0 Å². The van der Waals surface area contributed by atoms with Gasteiger partial charge >= 0.3 is 0 Å². The first-order valence-corrected chi connectivity index (χ1v) is 8.80. The molecule has 0 bridgehead atoms. The molecule has 1 aliphatic heterocycles. The Bertz CT molecular complexity index is 998. The molecule has 0 radical (unpaired) electrons. The summed E-state index contributed by atoms with van der Waals surface area (Å²) in [6.45, 7) is 0. The molecule has 0 spiro atoms. The number of para-hydroxylation sites is 1. The van der Waals surface area contributed by atoms with Gasteiger partial charge in [0.1, 0.15) is 17.6 Å². The first-order chi connectivity index (χ1) is 13.2. The van der Waals surface area contributed by atoms with Crippen LogP contribution in [0.25, 0.3) is 5.70 Å². The number of nitrogens with one attached hydrogen (secondary N) is 1. The van der Waals surface area contributed by atoms with Crippen molar-refractivity contribution < 1.29 is 13.9 Å². The van der Waals surface area contributed by atoms with Crippen molar-refractivity contribution in [3.63, 3.8) is 0 Å². The number of rotatable bonds is 4. The smallest absolute Gasteiger partial charge is 0.274 e. The van der Waals surface area contributed by atoms with Crippen LogP contribution in [0.2, 0.25) is 5.02 Å². The number of halogens is 1. The van der Waals surface area contributed by atoms with Gasteiger partial charge in [-0.05, 0) is 42.5 Å². The molecule has 1 atom stereocenters. The number of carbonyl (C=O) groups excluding carboxylic acids is 1. The maximum absolute atomic E-state index is 13.2. The maximum atomic E-state index is 13.2. The quantitative estimate of drug-likeness (QED) is 0.713. The first kappa shape index (κ1) is 17.2. The molecule has 1 N–H and O–H groups in total. The molecule has 1 amide bonds. The summed E-state index contributed by atoms with van der Waals surface area (Å²) < 4.78 is 11.0. The highest BCUT2D eigenvalue weighted by molar-refractivity contribution is 6.33. The van der Waals surface area contributed by atoms with Gasteiger partial charge in [0.25, 0.3) is 5.91 Å². The fraction of sp³-hybridized carbons (Fsp3) is 0.0952. The highest BCUT2D eigenvalue weighted by atomic mass is 35.5. The molecule has 0 fully saturated rings. The van der Waals surface area contributed by atoms with E-state index in [2.05, 4.69) is 5.43 Å². The van der Waals surface area contributed by atoms with Crippen LogP contribution >= 0.6 is 11.6 Å². The summed E-state index contributed by atoms with van der Waals surface area (Å²) in [6.07, 6.45) is 3.52. The zero-order valence-electron chi connectivity index (χ0n) is 14.6. The van der Waals surface area contributed by atoms with E-state index >= 15 is 0 Å². The van der Waals surface area contributed by atoms with Crippen LogP contribution in [0.15, 0.2) is 77.4 Å². The normalized spacial score (nSPS) is 16.0. The van der Waals surface area contributed by atoms with Crippen LogP contribution in [0.3, 0.4) is 0 Å². The van der Waals surface area contributed by atoms with Crippen molar-refractivity contribution in [2.45, 2.75) is 6.04 Å². The fourth-order valence-electron chi connectivity index (χ4n) is 3.10. The average Bonchev–Trinajstić information content (AvgIpc) is 3.37. The Kier molecular flexibility index (Phi) is 4.60. The van der Waals surface area contributed by atoms with E-state index in [1.807, 2.05) is 36.4 Å². The lowest BCUT2D eigenvalue weighted by Gasteiger charge is -2.24. The fourth-order valence-corrected chi connectivity index (χ4v) is 3.31. The summed E-state index contributed by atoms with van der Waals surface area (Å²) in [4.78, 5) is 13.2. The summed E-state index contributed by atoms with van der Waals surface area (Å²) in [5.41, 5.74) is 5.22. The highest BCUT2D eigenvalue weighted by Crippen LogP contribution is 2.36. The monoisotopic (exact) mass is 380 g/mol. The van der Waals surface area contributed by atoms with Crippen molar-refractivity contribution in [3.8, 4) is 5.75 Å². The van der Waals surface area contributed by atoms with Crippen LogP contribution in [-0.2, 0) is 0 Å². The number of hydrogen-bond acceptors (Lipinski definition) is 4. The van der Waals surface area contributed by atoms with E-state index in [1.54, 1.807) is 43.7 Å². The summed E-state index contributed by atoms with van der Waals surface area (Å²) in [5, 5.41) is 1.91. The molecule has 0 aliphatic carbocycles. The molecule has 2 heterocycles. The molecule has 4 rings (SSSR count). The molecule has 27 heavy (non-hydrogen) atoms. The van der Waals surface area contributed by atoms with Gasteiger partial charge in [-0.2, -0.15) is 0 Å². The third kappa shape index (κ3) is 3.17. The van der Waals surface area contributed by atoms with Crippen molar-refractivity contribution in [1.29, 1.82) is 0 Å². The summed E-state index contributed by atoms with van der Waals surface area (Å²) in [5.74, 6) is 1.11. The molecule has 5 nitrogen and oxygen atoms in total. The van der Waals surface area contributed by atoms with Gasteiger partial charge < -0.3 is 9.15 Å². The van der Waals surface area contributed by atoms with E-state index < -0.39 is 6.04 Å². The lowest BCUT2D eigenvalue weighted by molar-refractivity contribution is 0.0655. The Hall–Kier alpha value is -3.18. The van der Waals surface area contributed by atoms with Crippen molar-refractivity contribution in [2.24, 2.45) is 0 Å². The van der Waals surface area contributed by atoms with E-state index in [4.69, 9.17) is 20.8 Å². The molecule has 0 saturated carbocycles. The van der Waals surface area contributed by atoms with E-state index in [-0.39, 0.29) is 5.91 Å². The minimum Gasteiger partial charge on any atom is -0.496 e. The van der Waals surface area contributed by atoms with Crippen molar-refractivity contribution in [3.05, 3.63) is 94.9 Å². The summed E-state index contributed by atoms with van der Waals surface area (Å²) in [6, 6.07) is 17.8. The Morgan fingerprint density at radius 1 is 1.11 bits per heavy atom. The predicted octanol–water partition coefficient (Wildman–Crippen LogP) is 4.68. The molecule has 0 unspecified atom stereocenters. The van der Waals surface area contributed by atoms with Gasteiger partial charge in [-0.3, -0.25) is 10.2 Å². The largest absolute Gasteiger partial charge is 0.496 e. The predicted molar refractivity (Wildman–Crippen MR) is 103 cm³/mol. The number of carbonyl (C=O) groups is 1. The van der Waals surface area contributed by atoms with Crippen molar-refractivity contribution in [1.82, 2.24) is 10.4 Å². The Morgan fingerprint density at radius 2 is 1.89 bits per heavy atom. The summed E-state index contributed by atoms with van der Waals surface area (Å²) in [7, 11) is 1.62. The molecule has 0 saturated heterocycles. The molecular weight excluding hydrogens is 364 g/mol. The van der Waals surface area contributed by atoms with E-state index in [0.29, 0.717) is 22.1 Å². The van der Waals surface area contributed by atoms with Crippen LogP contribution < -0.4 is 10.2 Å². The number of ether oxygens (including phenoxy) is 1. The second-order valence-electron chi connectivity index (χ2n) is 6.01. The maximum Gasteiger partial charge on any atom is 0.274 e. The molecule has 136 valence electrons. The molecule has 3 aromatic rings. The van der Waals surface area contributed by atoms with Crippen LogP contribution in [-0.4, -0.2) is 18.0 Å². The molecular formula is C21H17ClN2O3. The Labute approximate surface area is 161 Å². The highest BCUT2D eigenvalue weighted by Gasteiger charge is 2.34. The molecule has 1 aliphatic rings. The average molecular weight is 381 g/mol. The van der Waals surface area contributed by atoms with Gasteiger partial charge in [-0.25, -0.2) is 5.01 Å². The lowest BCUT2D eigenvalue weighted by atomic mass is 10.1. The minimum atomic E-state index is -0.413. The second-order valence-corrected chi connectivity index (χ2v) is 6.41. The second kappa shape index (κ2) is 7.21. The number of hydrogen-bond donors (Lipinski definition) is 1. The summed E-state index contributed by atoms with van der Waals surface area (Å²) >= 11 is 6.24. The minimum absolute atomic E-state index is 0.247. The standard InChI is InChI=1S/C21H17ClN2O3/c1-26-19-10-5-3-8-15(19)17-13-18(20-11-6-12-27-20)24(23-17)21(25)14-7-2-4-9-16(14)22/h2-13,18,23H,1H3/t18-/m0/s1. The van der Waals surface area contributed by atoms with Crippen molar-refractivity contribution in [2.75, 3.05) is 7.11 Å². The number of nitrogens with zero attached hydrogens (tertiary/aromatic N) is 1. The SMILES string of the molecule is COc1ccccc1C1=C[C@@H](c2ccco2)N(C(=O)c2ccccc2Cl)N1. The van der Waals surface area contributed by atoms with Crippen LogP contribution in [0.5, 0.6) is 5.75 Å². The first-order valence-electron chi connectivity index (χ1n) is 8.42. The molecule has 1 aromatic heterocycles. The molecule has 2 aromatic carbocycles. The van der Waals surface area contributed by atoms with E-state index in [0.717, 1.165) is 11.3 Å². The number of amides is 1. The van der Waals surface area contributed by atoms with Gasteiger partial charge in [0, 0.05) is 5.56 Å². The lowest BCUT2D eigenvalue weighted by Crippen LogP contribution is -2.39. The van der Waals surface area contributed by atoms with Gasteiger partial charge in [-0.1, -0.05) is 35.9 Å². The van der Waals surface area contributed by atoms with Gasteiger partial charge in [0.2, 0.25) is 0 Å². The van der Waals surface area contributed by atoms with Crippen LogP contribution in [0, 0.1) is 0 Å². The number of methoxy groups -OCH3 is 1. The van der Waals surface area contributed by atoms with Crippen LogP contribution in [0.1, 0.15) is 27.7 Å². The zero-order valence-corrected chi connectivity index (χ0v) is 15.3. The van der Waals surface area contributed by atoms with Crippen LogP contribution in [0.4, 0.5) is 0 Å². The van der Waals surface area contributed by atoms with E-state index in [9.17, 15) is 4.79 Å². The van der Waals surface area contributed by atoms with Crippen molar-refractivity contribution >= 4 is 23.2 Å². The van der Waals surface area contributed by atoms with Gasteiger partial charge in [0.05, 0.1) is 29.7 Å². The Balaban J connectivity index is 1.74. The molecule has 6 heteroatoms. The van der Waals surface area contributed by atoms with Gasteiger partial charge in [-0.15, -0.1) is 0 Å². The third-order valence-electron chi connectivity index (χ3n) is 4.40. The zero-order chi connectivity index (χ0) is 18.8. The number of furan rings is 1. The number of benzene rings is 2. The van der Waals surface area contributed by atoms with E-state index in [1.165, 1.54) is 5.01 Å². The topological polar surface area (TPSA) is 54.7 Å².